The molecule has 1 amide bonds. The van der Waals surface area contributed by atoms with Crippen LogP contribution >= 0.6 is 0 Å². The van der Waals surface area contributed by atoms with Gasteiger partial charge in [-0.15, -0.1) is 0 Å². The summed E-state index contributed by atoms with van der Waals surface area (Å²) in [4.78, 5) is 11.4. The Labute approximate surface area is 92.3 Å². The van der Waals surface area contributed by atoms with E-state index in [0.717, 1.165) is 11.3 Å². The molecule has 0 aromatic carbocycles. The highest BCUT2D eigenvalue weighted by molar-refractivity contribution is 5.99. The number of hydrogen-bond acceptors (Lipinski definition) is 4. The van der Waals surface area contributed by atoms with E-state index in [4.69, 9.17) is 10.5 Å². The Balaban J connectivity index is 2.15. The highest BCUT2D eigenvalue weighted by Gasteiger charge is 2.33. The highest BCUT2D eigenvalue weighted by atomic mass is 16.5. The highest BCUT2D eigenvalue weighted by Crippen LogP contribution is 2.33. The van der Waals surface area contributed by atoms with Crippen molar-refractivity contribution in [1.82, 2.24) is 10.6 Å². The van der Waals surface area contributed by atoms with Gasteiger partial charge in [-0.05, 0) is 18.2 Å². The van der Waals surface area contributed by atoms with Crippen LogP contribution in [0.5, 0.6) is 0 Å². The fourth-order valence-electron chi connectivity index (χ4n) is 2.11. The lowest BCUT2D eigenvalue weighted by Gasteiger charge is -2.24. The maximum Gasteiger partial charge on any atom is 0.249 e. The van der Waals surface area contributed by atoms with Crippen molar-refractivity contribution < 1.29 is 9.53 Å². The molecular formula is C11H11N3O2. The number of hydrogen-bond donors (Lipinski definition) is 3. The molecule has 1 fully saturated rings. The van der Waals surface area contributed by atoms with Gasteiger partial charge in [0.15, 0.2) is 5.76 Å². The maximum atomic E-state index is 11.4. The molecule has 1 aliphatic carbocycles. The monoisotopic (exact) mass is 217 g/mol. The number of nitrogens with one attached hydrogen (secondary N) is 2. The molecule has 5 nitrogen and oxygen atoms in total. The molecule has 5 heteroatoms. The number of allylic oxidation sites excluding steroid dienone is 3. The Bertz CT molecular complexity index is 485. The zero-order chi connectivity index (χ0) is 11.1. The third-order valence-corrected chi connectivity index (χ3v) is 2.82. The van der Waals surface area contributed by atoms with Crippen molar-refractivity contribution >= 4 is 5.91 Å². The molecular weight excluding hydrogens is 206 g/mol. The van der Waals surface area contributed by atoms with Gasteiger partial charge >= 0.3 is 0 Å². The smallest absolute Gasteiger partial charge is 0.249 e. The average molecular weight is 217 g/mol. The van der Waals surface area contributed by atoms with Crippen molar-refractivity contribution in [2.45, 2.75) is 6.04 Å². The Hall–Kier alpha value is -2.01. The van der Waals surface area contributed by atoms with Crippen LogP contribution in [-0.2, 0) is 9.53 Å². The molecule has 4 N–H and O–H groups in total. The number of carbonyl (C=O) groups is 1. The minimum atomic E-state index is -0.435. The van der Waals surface area contributed by atoms with Crippen molar-refractivity contribution in [2.75, 3.05) is 6.67 Å². The largest absolute Gasteiger partial charge is 0.462 e. The standard InChI is InChI=1S/C11H11N3O2/c12-11(15)7-4-8-9(14-5-13-8)10-6(7)2-1-3-16-10/h1-4,8,13-14H,5H2,(H2,12,15). The van der Waals surface area contributed by atoms with Gasteiger partial charge in [-0.25, -0.2) is 0 Å². The van der Waals surface area contributed by atoms with Crippen LogP contribution in [0.2, 0.25) is 0 Å². The second kappa shape index (κ2) is 3.24. The quantitative estimate of drug-likeness (QED) is 0.559. The number of carbonyl (C=O) groups excluding carboxylic acids is 1. The van der Waals surface area contributed by atoms with Crippen molar-refractivity contribution in [1.29, 1.82) is 0 Å². The van der Waals surface area contributed by atoms with Gasteiger partial charge in [0.05, 0.1) is 24.7 Å². The average Bonchev–Trinajstić information content (AvgIpc) is 2.75. The first-order valence-corrected chi connectivity index (χ1v) is 5.04. The van der Waals surface area contributed by atoms with E-state index in [9.17, 15) is 4.79 Å². The van der Waals surface area contributed by atoms with Gasteiger partial charge in [-0.3, -0.25) is 10.1 Å². The summed E-state index contributed by atoms with van der Waals surface area (Å²) in [5.74, 6) is 0.254. The fourth-order valence-corrected chi connectivity index (χ4v) is 2.11. The topological polar surface area (TPSA) is 76.4 Å². The molecule has 0 bridgehead atoms. The Morgan fingerprint density at radius 1 is 1.56 bits per heavy atom. The summed E-state index contributed by atoms with van der Waals surface area (Å²) < 4.78 is 5.46. The summed E-state index contributed by atoms with van der Waals surface area (Å²) in [7, 11) is 0. The number of nitrogens with two attached hydrogens (primary N) is 1. The minimum Gasteiger partial charge on any atom is -0.462 e. The molecule has 3 rings (SSSR count). The minimum absolute atomic E-state index is 0.0128. The van der Waals surface area contributed by atoms with E-state index in [0.29, 0.717) is 18.0 Å². The SMILES string of the molecule is NC(=O)C1=CC2NCNC2=C2OC=CC=C12. The Kier molecular flexibility index (Phi) is 1.87. The van der Waals surface area contributed by atoms with E-state index in [1.54, 1.807) is 12.3 Å². The second-order valence-electron chi connectivity index (χ2n) is 3.75. The molecule has 0 saturated carbocycles. The molecule has 2 aliphatic heterocycles. The van der Waals surface area contributed by atoms with E-state index in [-0.39, 0.29) is 6.04 Å². The van der Waals surface area contributed by atoms with E-state index in [2.05, 4.69) is 10.6 Å². The lowest BCUT2D eigenvalue weighted by Crippen LogP contribution is -2.29. The van der Waals surface area contributed by atoms with Gasteiger partial charge in [-0.1, -0.05) is 0 Å². The van der Waals surface area contributed by atoms with Crippen LogP contribution in [0.15, 0.2) is 47.1 Å². The van der Waals surface area contributed by atoms with Gasteiger partial charge in [0.2, 0.25) is 5.91 Å². The van der Waals surface area contributed by atoms with Gasteiger partial charge in [0.1, 0.15) is 0 Å². The van der Waals surface area contributed by atoms with Crippen molar-refractivity contribution in [3.8, 4) is 0 Å². The van der Waals surface area contributed by atoms with Crippen molar-refractivity contribution in [3.63, 3.8) is 0 Å². The van der Waals surface area contributed by atoms with Crippen LogP contribution in [0.1, 0.15) is 0 Å². The van der Waals surface area contributed by atoms with E-state index < -0.39 is 5.91 Å². The van der Waals surface area contributed by atoms with Gasteiger partial charge in [0, 0.05) is 11.1 Å². The molecule has 0 aromatic rings. The molecule has 1 atom stereocenters. The lowest BCUT2D eigenvalue weighted by molar-refractivity contribution is -0.114. The molecule has 0 radical (unpaired) electrons. The van der Waals surface area contributed by atoms with Crippen LogP contribution in [0.4, 0.5) is 0 Å². The van der Waals surface area contributed by atoms with Crippen LogP contribution in [0, 0.1) is 0 Å². The Morgan fingerprint density at radius 2 is 2.44 bits per heavy atom. The number of amides is 1. The van der Waals surface area contributed by atoms with Crippen molar-refractivity contribution in [3.05, 3.63) is 47.1 Å². The summed E-state index contributed by atoms with van der Waals surface area (Å²) in [6, 6.07) is -0.0128. The van der Waals surface area contributed by atoms with Gasteiger partial charge in [-0.2, -0.15) is 0 Å². The molecule has 2 heterocycles. The normalized spacial score (nSPS) is 26.1. The fraction of sp³-hybridized carbons (Fsp3) is 0.182. The summed E-state index contributed by atoms with van der Waals surface area (Å²) in [5, 5.41) is 6.38. The number of ether oxygens (including phenoxy) is 1. The van der Waals surface area contributed by atoms with Crippen LogP contribution in [0.25, 0.3) is 0 Å². The molecule has 3 aliphatic rings. The Morgan fingerprint density at radius 3 is 3.25 bits per heavy atom. The van der Waals surface area contributed by atoms with E-state index in [1.165, 1.54) is 0 Å². The van der Waals surface area contributed by atoms with E-state index in [1.807, 2.05) is 12.2 Å². The zero-order valence-corrected chi connectivity index (χ0v) is 8.49. The number of rotatable bonds is 1. The molecule has 16 heavy (non-hydrogen) atoms. The van der Waals surface area contributed by atoms with Crippen molar-refractivity contribution in [2.24, 2.45) is 5.73 Å². The second-order valence-corrected chi connectivity index (χ2v) is 3.75. The summed E-state index contributed by atoms with van der Waals surface area (Å²) in [5.41, 5.74) is 7.57. The number of primary amides is 1. The van der Waals surface area contributed by atoms with Crippen LogP contribution in [0.3, 0.4) is 0 Å². The number of fused-ring (bicyclic) bond motifs is 2. The van der Waals surface area contributed by atoms with E-state index >= 15 is 0 Å². The molecule has 82 valence electrons. The first-order valence-electron chi connectivity index (χ1n) is 5.04. The van der Waals surface area contributed by atoms with Gasteiger partial charge < -0.3 is 15.8 Å². The van der Waals surface area contributed by atoms with Crippen LogP contribution < -0.4 is 16.4 Å². The molecule has 1 unspecified atom stereocenters. The predicted octanol–water partition coefficient (Wildman–Crippen LogP) is -0.388. The van der Waals surface area contributed by atoms with Crippen LogP contribution in [-0.4, -0.2) is 18.6 Å². The first kappa shape index (κ1) is 9.23. The first-order chi connectivity index (χ1) is 7.77. The lowest BCUT2D eigenvalue weighted by atomic mass is 9.92. The summed E-state index contributed by atoms with van der Waals surface area (Å²) in [6.07, 6.45) is 7.00. The molecule has 1 saturated heterocycles. The summed E-state index contributed by atoms with van der Waals surface area (Å²) in [6.45, 7) is 0.659. The maximum absolute atomic E-state index is 11.4. The predicted molar refractivity (Wildman–Crippen MR) is 57.5 cm³/mol. The zero-order valence-electron chi connectivity index (χ0n) is 8.49. The molecule has 0 spiro atoms. The molecule has 0 aromatic heterocycles. The summed E-state index contributed by atoms with van der Waals surface area (Å²) >= 11 is 0. The van der Waals surface area contributed by atoms with Gasteiger partial charge in [0.25, 0.3) is 0 Å². The third kappa shape index (κ3) is 1.18. The third-order valence-electron chi connectivity index (χ3n) is 2.82.